The quantitative estimate of drug-likeness (QED) is 0.422. The van der Waals surface area contributed by atoms with Crippen molar-refractivity contribution in [2.24, 2.45) is 0 Å². The summed E-state index contributed by atoms with van der Waals surface area (Å²) < 4.78 is 4.64. The zero-order valence-electron chi connectivity index (χ0n) is 18.4. The van der Waals surface area contributed by atoms with E-state index in [0.29, 0.717) is 18.3 Å². The second kappa shape index (κ2) is 7.55. The van der Waals surface area contributed by atoms with Crippen LogP contribution in [0.2, 0.25) is 0 Å². The molecule has 3 aromatic heterocycles. The first-order valence-corrected chi connectivity index (χ1v) is 11.4. The van der Waals surface area contributed by atoms with Crippen LogP contribution in [0, 0.1) is 6.92 Å². The van der Waals surface area contributed by atoms with Crippen molar-refractivity contribution in [3.8, 4) is 0 Å². The van der Waals surface area contributed by atoms with Gasteiger partial charge in [0.1, 0.15) is 11.6 Å². The van der Waals surface area contributed by atoms with Crippen molar-refractivity contribution in [3.05, 3.63) is 65.0 Å². The van der Waals surface area contributed by atoms with Crippen LogP contribution in [-0.4, -0.2) is 39.7 Å². The first kappa shape index (κ1) is 19.2. The fraction of sp³-hybridized carbons (Fsp3) is 0.375. The molecule has 1 fully saturated rings. The van der Waals surface area contributed by atoms with Crippen LogP contribution in [0.3, 0.4) is 0 Å². The van der Waals surface area contributed by atoms with Crippen molar-refractivity contribution in [2.45, 2.75) is 58.5 Å². The van der Waals surface area contributed by atoms with E-state index >= 15 is 0 Å². The van der Waals surface area contributed by atoms with Crippen molar-refractivity contribution in [3.63, 3.8) is 0 Å². The molecule has 0 radical (unpaired) electrons. The number of rotatable bonds is 7. The van der Waals surface area contributed by atoms with Crippen molar-refractivity contribution in [1.29, 1.82) is 0 Å². The Kier molecular flexibility index (Phi) is 4.52. The van der Waals surface area contributed by atoms with Crippen LogP contribution < -0.4 is 0 Å². The lowest BCUT2D eigenvalue weighted by Gasteiger charge is -2.11. The zero-order chi connectivity index (χ0) is 21.7. The van der Waals surface area contributed by atoms with Gasteiger partial charge in [0.05, 0.1) is 28.6 Å². The number of nitrogens with one attached hydrogen (secondary N) is 1. The summed E-state index contributed by atoms with van der Waals surface area (Å²) in [5.41, 5.74) is 6.93. The van der Waals surface area contributed by atoms with Gasteiger partial charge in [0.2, 0.25) is 0 Å². The summed E-state index contributed by atoms with van der Waals surface area (Å²) in [6.45, 7) is 5.71. The first-order chi connectivity index (χ1) is 15.7. The number of hydrogen-bond acceptors (Lipinski definition) is 5. The van der Waals surface area contributed by atoms with Crippen molar-refractivity contribution >= 4 is 22.1 Å². The van der Waals surface area contributed by atoms with Crippen molar-refractivity contribution in [2.75, 3.05) is 0 Å². The van der Waals surface area contributed by atoms with Crippen molar-refractivity contribution < 1.29 is 0 Å². The lowest BCUT2D eigenvalue weighted by molar-refractivity contribution is 0.708. The Hall–Kier alpha value is -3.55. The van der Waals surface area contributed by atoms with Crippen LogP contribution in [0.15, 0.2) is 36.4 Å². The van der Waals surface area contributed by atoms with Crippen LogP contribution in [0.25, 0.3) is 22.1 Å². The molecule has 1 aliphatic rings. The second-order valence-corrected chi connectivity index (χ2v) is 8.79. The molecule has 2 aromatic carbocycles. The normalized spacial score (nSPS) is 14.1. The van der Waals surface area contributed by atoms with Gasteiger partial charge in [-0.25, -0.2) is 9.97 Å². The van der Waals surface area contributed by atoms with E-state index in [4.69, 9.17) is 9.97 Å². The maximum Gasteiger partial charge on any atom is 0.194 e. The summed E-state index contributed by atoms with van der Waals surface area (Å²) >= 11 is 0. The van der Waals surface area contributed by atoms with E-state index in [1.54, 1.807) is 0 Å². The molecule has 1 saturated carbocycles. The molecule has 0 aliphatic heterocycles. The number of tetrazole rings is 1. The minimum atomic E-state index is 0.537. The number of H-pyrrole nitrogens is 1. The Morgan fingerprint density at radius 3 is 2.72 bits per heavy atom. The van der Waals surface area contributed by atoms with Crippen molar-refractivity contribution in [1.82, 2.24) is 39.7 Å². The van der Waals surface area contributed by atoms with Crippen LogP contribution in [0.4, 0.5) is 0 Å². The Bertz CT molecular complexity index is 1410. The largest absolute Gasteiger partial charge is 0.323 e. The topological polar surface area (TPSA) is 90.1 Å². The molecular weight excluding hydrogens is 400 g/mol. The molecule has 0 saturated heterocycles. The van der Waals surface area contributed by atoms with Gasteiger partial charge in [-0.05, 0) is 55.5 Å². The third kappa shape index (κ3) is 3.26. The SMILES string of the molecule is CCCc1nc2c(C)cccc2n1Cc1ccc2nc(C3CC3)n(Cc3nn[nH]n3)c2c1. The molecule has 8 heteroatoms. The van der Waals surface area contributed by atoms with Gasteiger partial charge in [0.25, 0.3) is 0 Å². The third-order valence-electron chi connectivity index (χ3n) is 6.35. The molecule has 1 N–H and O–H groups in total. The lowest BCUT2D eigenvalue weighted by atomic mass is 10.1. The summed E-state index contributed by atoms with van der Waals surface area (Å²) in [7, 11) is 0. The number of nitrogens with zero attached hydrogens (tertiary/aromatic N) is 7. The Morgan fingerprint density at radius 2 is 1.94 bits per heavy atom. The van der Waals surface area contributed by atoms with E-state index in [9.17, 15) is 0 Å². The number of aromatic nitrogens is 8. The van der Waals surface area contributed by atoms with Crippen LogP contribution in [-0.2, 0) is 19.5 Å². The Morgan fingerprint density at radius 1 is 1.03 bits per heavy atom. The number of aromatic amines is 1. The number of aryl methyl sites for hydroxylation is 2. The van der Waals surface area contributed by atoms with E-state index in [1.807, 2.05) is 0 Å². The van der Waals surface area contributed by atoms with Gasteiger partial charge < -0.3 is 9.13 Å². The highest BCUT2D eigenvalue weighted by atomic mass is 15.5. The molecule has 0 spiro atoms. The summed E-state index contributed by atoms with van der Waals surface area (Å²) in [6.07, 6.45) is 4.44. The molecule has 0 bridgehead atoms. The fourth-order valence-electron chi connectivity index (χ4n) is 4.60. The Labute approximate surface area is 185 Å². The summed E-state index contributed by atoms with van der Waals surface area (Å²) in [4.78, 5) is 9.94. The highest BCUT2D eigenvalue weighted by Gasteiger charge is 2.30. The standard InChI is InChI=1S/C24H26N8/c1-3-5-22-26-23-15(2)6-4-7-19(23)31(22)13-16-8-11-18-20(12-16)32(14-21-27-29-30-28-21)24(25-18)17-9-10-17/h4,6-8,11-12,17H,3,5,9-10,13-14H2,1-2H3,(H,27,28,29,30). The van der Waals surface area contributed by atoms with E-state index in [2.05, 4.69) is 80.0 Å². The lowest BCUT2D eigenvalue weighted by Crippen LogP contribution is -2.07. The molecule has 3 heterocycles. The van der Waals surface area contributed by atoms with Crippen LogP contribution in [0.1, 0.15) is 60.7 Å². The summed E-state index contributed by atoms with van der Waals surface area (Å²) in [5.74, 6) is 3.50. The number of para-hydroxylation sites is 1. The summed E-state index contributed by atoms with van der Waals surface area (Å²) in [6, 6.07) is 13.0. The molecule has 6 rings (SSSR count). The number of imidazole rings is 2. The van der Waals surface area contributed by atoms with Gasteiger partial charge in [0, 0.05) is 18.9 Å². The predicted octanol–water partition coefficient (Wildman–Crippen LogP) is 4.13. The molecule has 162 valence electrons. The van der Waals surface area contributed by atoms with Crippen LogP contribution >= 0.6 is 0 Å². The molecule has 0 unspecified atom stereocenters. The Balaban J connectivity index is 1.44. The van der Waals surface area contributed by atoms with Gasteiger partial charge in [0.15, 0.2) is 5.82 Å². The first-order valence-electron chi connectivity index (χ1n) is 11.4. The maximum atomic E-state index is 4.98. The zero-order valence-corrected chi connectivity index (χ0v) is 18.4. The monoisotopic (exact) mass is 426 g/mol. The number of fused-ring (bicyclic) bond motifs is 2. The summed E-state index contributed by atoms with van der Waals surface area (Å²) in [5, 5.41) is 14.6. The third-order valence-corrected chi connectivity index (χ3v) is 6.35. The minimum Gasteiger partial charge on any atom is -0.323 e. The van der Waals surface area contributed by atoms with E-state index in [0.717, 1.165) is 47.6 Å². The second-order valence-electron chi connectivity index (χ2n) is 8.79. The highest BCUT2D eigenvalue weighted by molar-refractivity contribution is 5.80. The van der Waals surface area contributed by atoms with Gasteiger partial charge in [-0.2, -0.15) is 5.21 Å². The predicted molar refractivity (Wildman–Crippen MR) is 123 cm³/mol. The van der Waals surface area contributed by atoms with Gasteiger partial charge in [-0.15, -0.1) is 10.2 Å². The van der Waals surface area contributed by atoms with Gasteiger partial charge in [-0.1, -0.05) is 30.3 Å². The average molecular weight is 427 g/mol. The maximum absolute atomic E-state index is 4.98. The van der Waals surface area contributed by atoms with E-state index < -0.39 is 0 Å². The molecule has 0 amide bonds. The molecular formula is C24H26N8. The minimum absolute atomic E-state index is 0.537. The van der Waals surface area contributed by atoms with E-state index in [1.165, 1.54) is 29.5 Å². The van der Waals surface area contributed by atoms with Gasteiger partial charge in [-0.3, -0.25) is 0 Å². The fourth-order valence-corrected chi connectivity index (χ4v) is 4.60. The molecule has 1 aliphatic carbocycles. The number of hydrogen-bond donors (Lipinski definition) is 1. The number of benzene rings is 2. The smallest absolute Gasteiger partial charge is 0.194 e. The van der Waals surface area contributed by atoms with Crippen LogP contribution in [0.5, 0.6) is 0 Å². The van der Waals surface area contributed by atoms with Gasteiger partial charge >= 0.3 is 0 Å². The average Bonchev–Trinajstić information content (AvgIpc) is 3.22. The molecule has 0 atom stereocenters. The van der Waals surface area contributed by atoms with E-state index in [-0.39, 0.29) is 0 Å². The molecule has 32 heavy (non-hydrogen) atoms. The molecule has 5 aromatic rings. The highest BCUT2D eigenvalue weighted by Crippen LogP contribution is 2.41. The molecule has 8 nitrogen and oxygen atoms in total.